The van der Waals surface area contributed by atoms with Crippen LogP contribution >= 0.6 is 0 Å². The third-order valence-corrected chi connectivity index (χ3v) is 2.65. The number of H-pyrrole nitrogens is 1. The van der Waals surface area contributed by atoms with Crippen LogP contribution in [0.2, 0.25) is 0 Å². The van der Waals surface area contributed by atoms with Gasteiger partial charge in [0.05, 0.1) is 0 Å². The van der Waals surface area contributed by atoms with Crippen molar-refractivity contribution in [2.75, 3.05) is 0 Å². The second-order valence-corrected chi connectivity index (χ2v) is 3.84. The van der Waals surface area contributed by atoms with Gasteiger partial charge in [0.25, 0.3) is 0 Å². The molecule has 7 nitrogen and oxygen atoms in total. The fourth-order valence-electron chi connectivity index (χ4n) is 1.63. The molecule has 0 aromatic carbocycles. The molecule has 1 unspecified atom stereocenters. The van der Waals surface area contributed by atoms with E-state index in [1.165, 1.54) is 6.33 Å². The van der Waals surface area contributed by atoms with Gasteiger partial charge in [-0.05, 0) is 19.1 Å². The Kier molecular flexibility index (Phi) is 2.56. The lowest BCUT2D eigenvalue weighted by Gasteiger charge is -2.06. The van der Waals surface area contributed by atoms with Crippen LogP contribution in [0.5, 0.6) is 0 Å². The van der Waals surface area contributed by atoms with Gasteiger partial charge in [-0.15, -0.1) is 0 Å². The topological polar surface area (TPSA) is 85.2 Å². The van der Waals surface area contributed by atoms with Gasteiger partial charge in [-0.2, -0.15) is 10.2 Å². The summed E-state index contributed by atoms with van der Waals surface area (Å²) in [4.78, 5) is 12.4. The Hall–Kier alpha value is -2.57. The highest BCUT2D eigenvalue weighted by Gasteiger charge is 2.14. The van der Waals surface area contributed by atoms with Gasteiger partial charge in [-0.3, -0.25) is 10.1 Å². The molecule has 1 atom stereocenters. The summed E-state index contributed by atoms with van der Waals surface area (Å²) in [6.45, 7) is 1.97. The summed E-state index contributed by atoms with van der Waals surface area (Å²) in [7, 11) is 0. The smallest absolute Gasteiger partial charge is 0.182 e. The summed E-state index contributed by atoms with van der Waals surface area (Å²) < 4.78 is 1.72. The molecule has 0 bridgehead atoms. The monoisotopic (exact) mass is 241 g/mol. The third-order valence-electron chi connectivity index (χ3n) is 2.65. The molecule has 0 fully saturated rings. The fourth-order valence-corrected chi connectivity index (χ4v) is 1.63. The van der Waals surface area contributed by atoms with Crippen molar-refractivity contribution in [3.63, 3.8) is 0 Å². The molecule has 0 aliphatic rings. The van der Waals surface area contributed by atoms with Crippen molar-refractivity contribution in [1.29, 1.82) is 0 Å². The molecule has 0 aliphatic carbocycles. The first-order valence-corrected chi connectivity index (χ1v) is 5.51. The van der Waals surface area contributed by atoms with Crippen molar-refractivity contribution < 1.29 is 0 Å². The number of nitrogens with zero attached hydrogens (tertiary/aromatic N) is 6. The zero-order chi connectivity index (χ0) is 12.4. The summed E-state index contributed by atoms with van der Waals surface area (Å²) in [6.07, 6.45) is 6.59. The van der Waals surface area contributed by atoms with E-state index in [1.54, 1.807) is 23.4 Å². The molecule has 7 heteroatoms. The fraction of sp³-hybridized carbons (Fsp3) is 0.182. The van der Waals surface area contributed by atoms with Crippen molar-refractivity contribution in [2.45, 2.75) is 13.0 Å². The first kappa shape index (κ1) is 10.6. The SMILES string of the molecule is CC(c1nc(-c2cccnc2)n[nH]1)n1cncn1. The van der Waals surface area contributed by atoms with Crippen molar-refractivity contribution >= 4 is 0 Å². The molecule has 3 aromatic heterocycles. The summed E-state index contributed by atoms with van der Waals surface area (Å²) in [6, 6.07) is 3.73. The Labute approximate surface area is 103 Å². The highest BCUT2D eigenvalue weighted by Crippen LogP contribution is 2.16. The van der Waals surface area contributed by atoms with Crippen LogP contribution in [0.4, 0.5) is 0 Å². The molecule has 1 N–H and O–H groups in total. The van der Waals surface area contributed by atoms with Crippen molar-refractivity contribution in [2.24, 2.45) is 0 Å². The lowest BCUT2D eigenvalue weighted by Crippen LogP contribution is -2.08. The zero-order valence-corrected chi connectivity index (χ0v) is 9.72. The molecule has 0 saturated heterocycles. The first-order chi connectivity index (χ1) is 8.84. The van der Waals surface area contributed by atoms with Crippen LogP contribution in [-0.2, 0) is 0 Å². The Morgan fingerprint density at radius 3 is 3.00 bits per heavy atom. The van der Waals surface area contributed by atoms with E-state index < -0.39 is 0 Å². The van der Waals surface area contributed by atoms with Gasteiger partial charge >= 0.3 is 0 Å². The normalized spacial score (nSPS) is 12.5. The predicted molar refractivity (Wildman–Crippen MR) is 63.4 cm³/mol. The number of pyridine rings is 1. The second kappa shape index (κ2) is 4.36. The Morgan fingerprint density at radius 2 is 2.28 bits per heavy atom. The van der Waals surface area contributed by atoms with Gasteiger partial charge < -0.3 is 0 Å². The van der Waals surface area contributed by atoms with E-state index in [2.05, 4.69) is 30.2 Å². The minimum atomic E-state index is -0.0366. The number of aromatic nitrogens is 7. The van der Waals surface area contributed by atoms with Crippen LogP contribution in [0.1, 0.15) is 18.8 Å². The number of aromatic amines is 1. The average molecular weight is 241 g/mol. The first-order valence-electron chi connectivity index (χ1n) is 5.51. The lowest BCUT2D eigenvalue weighted by atomic mass is 10.3. The molecule has 0 radical (unpaired) electrons. The summed E-state index contributed by atoms with van der Waals surface area (Å²) in [5.74, 6) is 1.37. The standard InChI is InChI=1S/C11H11N7/c1-8(18-7-13-6-14-18)10-15-11(17-16-10)9-3-2-4-12-5-9/h2-8H,1H3,(H,15,16,17). The molecular formula is C11H11N7. The maximum Gasteiger partial charge on any atom is 0.182 e. The predicted octanol–water partition coefficient (Wildman–Crippen LogP) is 1.07. The molecule has 0 aliphatic heterocycles. The summed E-state index contributed by atoms with van der Waals surface area (Å²) in [5.41, 5.74) is 0.880. The average Bonchev–Trinajstić information content (AvgIpc) is 3.10. The molecule has 90 valence electrons. The maximum absolute atomic E-state index is 4.44. The van der Waals surface area contributed by atoms with Crippen molar-refractivity contribution in [3.05, 3.63) is 43.0 Å². The van der Waals surface area contributed by atoms with Crippen LogP contribution in [0.3, 0.4) is 0 Å². The Morgan fingerprint density at radius 1 is 1.33 bits per heavy atom. The van der Waals surface area contributed by atoms with Gasteiger partial charge in [0.1, 0.15) is 24.5 Å². The number of nitrogens with one attached hydrogen (secondary N) is 1. The summed E-state index contributed by atoms with van der Waals surface area (Å²) in [5, 5.41) is 11.2. The molecular weight excluding hydrogens is 230 g/mol. The Bertz CT molecular complexity index is 614. The van der Waals surface area contributed by atoms with E-state index in [0.717, 1.165) is 11.4 Å². The van der Waals surface area contributed by atoms with E-state index in [-0.39, 0.29) is 6.04 Å². The van der Waals surface area contributed by atoms with E-state index in [0.29, 0.717) is 5.82 Å². The van der Waals surface area contributed by atoms with E-state index >= 15 is 0 Å². The molecule has 3 rings (SSSR count). The minimum Gasteiger partial charge on any atom is -0.264 e. The second-order valence-electron chi connectivity index (χ2n) is 3.84. The van der Waals surface area contributed by atoms with Gasteiger partial charge in [-0.25, -0.2) is 14.6 Å². The van der Waals surface area contributed by atoms with Crippen LogP contribution in [0, 0.1) is 0 Å². The maximum atomic E-state index is 4.44. The lowest BCUT2D eigenvalue weighted by molar-refractivity contribution is 0.536. The van der Waals surface area contributed by atoms with Gasteiger partial charge in [0.2, 0.25) is 0 Å². The van der Waals surface area contributed by atoms with E-state index in [1.807, 2.05) is 19.1 Å². The largest absolute Gasteiger partial charge is 0.264 e. The highest BCUT2D eigenvalue weighted by atomic mass is 15.4. The van der Waals surface area contributed by atoms with E-state index in [9.17, 15) is 0 Å². The Balaban J connectivity index is 1.90. The highest BCUT2D eigenvalue weighted by molar-refractivity contribution is 5.52. The van der Waals surface area contributed by atoms with Gasteiger partial charge in [-0.1, -0.05) is 0 Å². The van der Waals surface area contributed by atoms with Crippen LogP contribution in [0.25, 0.3) is 11.4 Å². The minimum absolute atomic E-state index is 0.0366. The zero-order valence-electron chi connectivity index (χ0n) is 9.72. The van der Waals surface area contributed by atoms with Crippen LogP contribution in [0.15, 0.2) is 37.2 Å². The molecule has 0 amide bonds. The molecule has 3 heterocycles. The van der Waals surface area contributed by atoms with Gasteiger partial charge in [0, 0.05) is 18.0 Å². The quantitative estimate of drug-likeness (QED) is 0.741. The third kappa shape index (κ3) is 1.86. The van der Waals surface area contributed by atoms with Crippen LogP contribution in [-0.4, -0.2) is 34.9 Å². The molecule has 3 aromatic rings. The molecule has 18 heavy (non-hydrogen) atoms. The molecule has 0 spiro atoms. The number of hydrogen-bond acceptors (Lipinski definition) is 5. The van der Waals surface area contributed by atoms with Gasteiger partial charge in [0.15, 0.2) is 5.82 Å². The number of rotatable bonds is 3. The molecule has 0 saturated carbocycles. The summed E-state index contributed by atoms with van der Waals surface area (Å²) >= 11 is 0. The van der Waals surface area contributed by atoms with Crippen LogP contribution < -0.4 is 0 Å². The van der Waals surface area contributed by atoms with E-state index in [4.69, 9.17) is 0 Å². The van der Waals surface area contributed by atoms with Crippen molar-refractivity contribution in [1.82, 2.24) is 34.9 Å². The van der Waals surface area contributed by atoms with Crippen molar-refractivity contribution in [3.8, 4) is 11.4 Å². The number of hydrogen-bond donors (Lipinski definition) is 1.